The highest BCUT2D eigenvalue weighted by Crippen LogP contribution is 2.28. The van der Waals surface area contributed by atoms with Crippen LogP contribution in [0.4, 0.5) is 0 Å². The van der Waals surface area contributed by atoms with Crippen LogP contribution in [0.5, 0.6) is 0 Å². The summed E-state index contributed by atoms with van der Waals surface area (Å²) in [6, 6.07) is 20.0. The van der Waals surface area contributed by atoms with E-state index < -0.39 is 12.2 Å². The molecule has 3 rings (SSSR count). The minimum absolute atomic E-state index is 0.0150. The molecule has 1 aliphatic heterocycles. The fraction of sp³-hybridized carbons (Fsp3) is 0.455. The van der Waals surface area contributed by atoms with Gasteiger partial charge in [0.25, 0.3) is 0 Å². The van der Waals surface area contributed by atoms with Gasteiger partial charge in [-0.1, -0.05) is 67.6 Å². The fourth-order valence-electron chi connectivity index (χ4n) is 3.25. The smallest absolute Gasteiger partial charge is 0.113 e. The van der Waals surface area contributed by atoms with Gasteiger partial charge in [-0.3, -0.25) is 0 Å². The minimum atomic E-state index is -0.576. The molecular formula is C22H28O4. The average Bonchev–Trinajstić information content (AvgIpc) is 2.67. The molecule has 1 heterocycles. The summed E-state index contributed by atoms with van der Waals surface area (Å²) in [5.74, 6) is 0.0150. The van der Waals surface area contributed by atoms with Crippen molar-refractivity contribution in [2.75, 3.05) is 6.61 Å². The Kier molecular flexibility index (Phi) is 6.80. The fourth-order valence-corrected chi connectivity index (χ4v) is 3.25. The van der Waals surface area contributed by atoms with E-state index in [-0.39, 0.29) is 18.1 Å². The van der Waals surface area contributed by atoms with Gasteiger partial charge in [-0.25, -0.2) is 0 Å². The molecule has 1 saturated heterocycles. The Balaban J connectivity index is 1.59. The summed E-state index contributed by atoms with van der Waals surface area (Å²) in [6.45, 7) is 5.34. The summed E-state index contributed by atoms with van der Waals surface area (Å²) in [4.78, 5) is 0. The SMILES string of the molecule is CC1[C@H](C)OC(COCc2ccccc2)[C@@H](OCc2ccccc2)[C@@H]1O. The van der Waals surface area contributed by atoms with Crippen molar-refractivity contribution >= 4 is 0 Å². The maximum absolute atomic E-state index is 10.7. The quantitative estimate of drug-likeness (QED) is 0.824. The molecular weight excluding hydrogens is 328 g/mol. The van der Waals surface area contributed by atoms with Crippen molar-refractivity contribution in [3.8, 4) is 0 Å². The van der Waals surface area contributed by atoms with E-state index in [2.05, 4.69) is 0 Å². The summed E-state index contributed by atoms with van der Waals surface area (Å²) in [5, 5.41) is 10.7. The predicted molar refractivity (Wildman–Crippen MR) is 101 cm³/mol. The Hall–Kier alpha value is -1.72. The molecule has 0 aromatic heterocycles. The van der Waals surface area contributed by atoms with E-state index in [1.165, 1.54) is 0 Å². The van der Waals surface area contributed by atoms with Crippen LogP contribution in [0, 0.1) is 5.92 Å². The van der Waals surface area contributed by atoms with Gasteiger partial charge < -0.3 is 19.3 Å². The van der Waals surface area contributed by atoms with Gasteiger partial charge in [0.2, 0.25) is 0 Å². The number of rotatable bonds is 7. The first kappa shape index (κ1) is 19.1. The van der Waals surface area contributed by atoms with E-state index in [9.17, 15) is 5.11 Å². The van der Waals surface area contributed by atoms with Gasteiger partial charge in [-0.05, 0) is 18.1 Å². The molecule has 1 aliphatic rings. The number of ether oxygens (including phenoxy) is 3. The first-order valence-electron chi connectivity index (χ1n) is 9.26. The maximum atomic E-state index is 10.7. The molecule has 0 aliphatic carbocycles. The molecule has 1 fully saturated rings. The van der Waals surface area contributed by atoms with E-state index in [0.29, 0.717) is 19.8 Å². The molecule has 2 aromatic carbocycles. The Morgan fingerprint density at radius 3 is 2.08 bits per heavy atom. The van der Waals surface area contributed by atoms with E-state index in [4.69, 9.17) is 14.2 Å². The van der Waals surface area contributed by atoms with Crippen molar-refractivity contribution in [1.82, 2.24) is 0 Å². The first-order valence-corrected chi connectivity index (χ1v) is 9.26. The molecule has 140 valence electrons. The standard InChI is InChI=1S/C22H28O4/c1-16-17(2)26-20(15-24-13-18-9-5-3-6-10-18)22(21(16)23)25-14-19-11-7-4-8-12-19/h3-12,16-17,20-23H,13-15H2,1-2H3/t16?,17-,20?,21+,22+/m0/s1. The zero-order chi connectivity index (χ0) is 18.4. The zero-order valence-corrected chi connectivity index (χ0v) is 15.5. The van der Waals surface area contributed by atoms with E-state index in [1.54, 1.807) is 0 Å². The third-order valence-electron chi connectivity index (χ3n) is 5.05. The van der Waals surface area contributed by atoms with Crippen molar-refractivity contribution < 1.29 is 19.3 Å². The molecule has 26 heavy (non-hydrogen) atoms. The van der Waals surface area contributed by atoms with Gasteiger partial charge in [0, 0.05) is 5.92 Å². The molecule has 2 unspecified atom stereocenters. The Bertz CT molecular complexity index is 646. The summed E-state index contributed by atoms with van der Waals surface area (Å²) in [7, 11) is 0. The van der Waals surface area contributed by atoms with Gasteiger partial charge in [0.05, 0.1) is 32.0 Å². The van der Waals surface area contributed by atoms with Crippen molar-refractivity contribution in [3.63, 3.8) is 0 Å². The lowest BCUT2D eigenvalue weighted by Crippen LogP contribution is -2.55. The van der Waals surface area contributed by atoms with Gasteiger partial charge in [-0.2, -0.15) is 0 Å². The molecule has 4 nitrogen and oxygen atoms in total. The summed E-state index contributed by atoms with van der Waals surface area (Å²) in [5.41, 5.74) is 2.20. The van der Waals surface area contributed by atoms with E-state index >= 15 is 0 Å². The lowest BCUT2D eigenvalue weighted by molar-refractivity contribution is -0.224. The second-order valence-corrected chi connectivity index (χ2v) is 6.99. The second-order valence-electron chi connectivity index (χ2n) is 6.99. The highest BCUT2D eigenvalue weighted by atomic mass is 16.6. The van der Waals surface area contributed by atoms with Crippen LogP contribution in [0.25, 0.3) is 0 Å². The van der Waals surface area contributed by atoms with Gasteiger partial charge >= 0.3 is 0 Å². The monoisotopic (exact) mass is 356 g/mol. The normalized spacial score (nSPS) is 28.8. The third kappa shape index (κ3) is 4.92. The molecule has 0 amide bonds. The second kappa shape index (κ2) is 9.28. The molecule has 0 spiro atoms. The van der Waals surface area contributed by atoms with E-state index in [1.807, 2.05) is 74.5 Å². The van der Waals surface area contributed by atoms with Crippen molar-refractivity contribution in [1.29, 1.82) is 0 Å². The van der Waals surface area contributed by atoms with Crippen LogP contribution in [0.3, 0.4) is 0 Å². The highest BCUT2D eigenvalue weighted by Gasteiger charge is 2.42. The van der Waals surface area contributed by atoms with Crippen LogP contribution in [-0.4, -0.2) is 36.1 Å². The Morgan fingerprint density at radius 2 is 1.46 bits per heavy atom. The molecule has 4 heteroatoms. The van der Waals surface area contributed by atoms with Crippen LogP contribution in [0.1, 0.15) is 25.0 Å². The maximum Gasteiger partial charge on any atom is 0.113 e. The number of hydrogen-bond acceptors (Lipinski definition) is 4. The van der Waals surface area contributed by atoms with Crippen LogP contribution >= 0.6 is 0 Å². The number of aliphatic hydroxyl groups is 1. The van der Waals surface area contributed by atoms with Crippen molar-refractivity contribution in [2.24, 2.45) is 5.92 Å². The lowest BCUT2D eigenvalue weighted by atomic mass is 9.89. The number of aliphatic hydroxyl groups excluding tert-OH is 1. The average molecular weight is 356 g/mol. The van der Waals surface area contributed by atoms with Gasteiger partial charge in [0.1, 0.15) is 12.2 Å². The Morgan fingerprint density at radius 1 is 0.885 bits per heavy atom. The summed E-state index contributed by atoms with van der Waals surface area (Å²) in [6.07, 6.45) is -1.31. The van der Waals surface area contributed by atoms with Gasteiger partial charge in [0.15, 0.2) is 0 Å². The molecule has 1 N–H and O–H groups in total. The minimum Gasteiger partial charge on any atom is -0.390 e. The molecule has 0 radical (unpaired) electrons. The summed E-state index contributed by atoms with van der Waals surface area (Å²) < 4.78 is 18.0. The number of hydrogen-bond donors (Lipinski definition) is 1. The zero-order valence-electron chi connectivity index (χ0n) is 15.5. The van der Waals surface area contributed by atoms with Crippen LogP contribution < -0.4 is 0 Å². The molecule has 5 atom stereocenters. The molecule has 0 bridgehead atoms. The van der Waals surface area contributed by atoms with Crippen molar-refractivity contribution in [2.45, 2.75) is 51.5 Å². The topological polar surface area (TPSA) is 47.9 Å². The molecule has 2 aromatic rings. The lowest BCUT2D eigenvalue weighted by Gasteiger charge is -2.42. The largest absolute Gasteiger partial charge is 0.390 e. The van der Waals surface area contributed by atoms with Crippen LogP contribution in [0.2, 0.25) is 0 Å². The summed E-state index contributed by atoms with van der Waals surface area (Å²) >= 11 is 0. The number of benzene rings is 2. The third-order valence-corrected chi connectivity index (χ3v) is 5.05. The van der Waals surface area contributed by atoms with Crippen LogP contribution in [-0.2, 0) is 27.4 Å². The van der Waals surface area contributed by atoms with Crippen LogP contribution in [0.15, 0.2) is 60.7 Å². The van der Waals surface area contributed by atoms with E-state index in [0.717, 1.165) is 11.1 Å². The molecule has 0 saturated carbocycles. The highest BCUT2D eigenvalue weighted by molar-refractivity contribution is 5.14. The van der Waals surface area contributed by atoms with Gasteiger partial charge in [-0.15, -0.1) is 0 Å². The predicted octanol–water partition coefficient (Wildman–Crippen LogP) is 3.57. The van der Waals surface area contributed by atoms with Crippen molar-refractivity contribution in [3.05, 3.63) is 71.8 Å². The first-order chi connectivity index (χ1) is 12.6. The Labute approximate surface area is 155 Å².